The van der Waals surface area contributed by atoms with Crippen molar-refractivity contribution in [2.45, 2.75) is 44.6 Å². The van der Waals surface area contributed by atoms with Gasteiger partial charge in [0.05, 0.1) is 0 Å². The van der Waals surface area contributed by atoms with Gasteiger partial charge in [-0.15, -0.1) is 0 Å². The second kappa shape index (κ2) is 10.1. The Kier molecular flexibility index (Phi) is 5.94. The lowest BCUT2D eigenvalue weighted by molar-refractivity contribution is 0.223. The maximum Gasteiger partial charge on any atom is 0.0495 e. The monoisotopic (exact) mass is 579 g/mol. The first-order valence-electron chi connectivity index (χ1n) is 16.5. The van der Waals surface area contributed by atoms with E-state index in [4.69, 9.17) is 0 Å². The highest BCUT2D eigenvalue weighted by Gasteiger charge is 2.52. The molecule has 0 spiro atoms. The van der Waals surface area contributed by atoms with Gasteiger partial charge in [0.15, 0.2) is 0 Å². The van der Waals surface area contributed by atoms with Gasteiger partial charge in [-0.2, -0.15) is 0 Å². The fraction of sp³-hybridized carbons (Fsp3) is 0.182. The number of anilines is 2. The number of para-hydroxylation sites is 1. The minimum Gasteiger partial charge on any atom is -0.335 e. The predicted molar refractivity (Wildman–Crippen MR) is 193 cm³/mol. The Morgan fingerprint density at radius 3 is 1.91 bits per heavy atom. The quantitative estimate of drug-likeness (QED) is 0.188. The van der Waals surface area contributed by atoms with Gasteiger partial charge in [0, 0.05) is 22.8 Å². The van der Waals surface area contributed by atoms with Gasteiger partial charge < -0.3 is 4.90 Å². The lowest BCUT2D eigenvalue weighted by atomic mass is 9.67. The van der Waals surface area contributed by atoms with Crippen molar-refractivity contribution in [3.05, 3.63) is 145 Å². The topological polar surface area (TPSA) is 3.24 Å². The fourth-order valence-corrected chi connectivity index (χ4v) is 9.23. The zero-order valence-corrected chi connectivity index (χ0v) is 26.0. The number of hydrogen-bond donors (Lipinski definition) is 0. The molecule has 1 heteroatoms. The first kappa shape index (κ1) is 26.5. The van der Waals surface area contributed by atoms with Crippen LogP contribution in [-0.4, -0.2) is 5.54 Å². The minimum atomic E-state index is 0.0718. The lowest BCUT2D eigenvalue weighted by Gasteiger charge is -2.46. The van der Waals surface area contributed by atoms with Crippen LogP contribution in [0.15, 0.2) is 140 Å². The number of fused-ring (bicyclic) bond motifs is 6. The molecule has 7 aromatic carbocycles. The molecule has 45 heavy (non-hydrogen) atoms. The molecule has 1 aliphatic heterocycles. The van der Waals surface area contributed by atoms with E-state index in [9.17, 15) is 0 Å². The Hall–Kier alpha value is -4.88. The van der Waals surface area contributed by atoms with E-state index in [2.05, 4.69) is 158 Å². The van der Waals surface area contributed by atoms with Crippen LogP contribution >= 0.6 is 0 Å². The minimum absolute atomic E-state index is 0.0718. The first-order valence-corrected chi connectivity index (χ1v) is 16.5. The van der Waals surface area contributed by atoms with Gasteiger partial charge in [0.25, 0.3) is 0 Å². The van der Waals surface area contributed by atoms with Crippen molar-refractivity contribution in [2.75, 3.05) is 4.90 Å². The van der Waals surface area contributed by atoms with Crippen molar-refractivity contribution < 1.29 is 0 Å². The molecule has 1 heterocycles. The molecule has 0 N–H and O–H groups in total. The molecule has 0 amide bonds. The van der Waals surface area contributed by atoms with Crippen molar-refractivity contribution >= 4 is 43.7 Å². The van der Waals surface area contributed by atoms with Gasteiger partial charge in [-0.25, -0.2) is 0 Å². The average molecular weight is 580 g/mol. The van der Waals surface area contributed by atoms with Gasteiger partial charge in [-0.1, -0.05) is 129 Å². The molecule has 7 aromatic rings. The summed E-state index contributed by atoms with van der Waals surface area (Å²) in [6.45, 7) is 5.00. The van der Waals surface area contributed by atoms with Crippen molar-refractivity contribution in [1.29, 1.82) is 0 Å². The molecule has 218 valence electrons. The van der Waals surface area contributed by atoms with E-state index in [1.165, 1.54) is 90.8 Å². The molecule has 3 unspecified atom stereocenters. The van der Waals surface area contributed by atoms with Crippen molar-refractivity contribution in [3.8, 4) is 22.3 Å². The maximum absolute atomic E-state index is 2.67. The lowest BCUT2D eigenvalue weighted by Crippen LogP contribution is -2.47. The summed E-state index contributed by atoms with van der Waals surface area (Å²) in [5.41, 5.74) is 9.56. The van der Waals surface area contributed by atoms with Gasteiger partial charge in [-0.3, -0.25) is 0 Å². The Morgan fingerprint density at radius 1 is 0.600 bits per heavy atom. The molecular formula is C44H37N. The van der Waals surface area contributed by atoms with E-state index in [-0.39, 0.29) is 5.54 Å². The van der Waals surface area contributed by atoms with E-state index < -0.39 is 0 Å². The Balaban J connectivity index is 1.33. The molecule has 1 fully saturated rings. The predicted octanol–water partition coefficient (Wildman–Crippen LogP) is 12.3. The van der Waals surface area contributed by atoms with Crippen LogP contribution in [0.5, 0.6) is 0 Å². The van der Waals surface area contributed by atoms with Gasteiger partial charge in [0.1, 0.15) is 0 Å². The van der Waals surface area contributed by atoms with E-state index in [0.29, 0.717) is 11.8 Å². The molecule has 3 atom stereocenters. The highest BCUT2D eigenvalue weighted by atomic mass is 15.2. The summed E-state index contributed by atoms with van der Waals surface area (Å²) in [5, 5.41) is 7.83. The highest BCUT2D eigenvalue weighted by molar-refractivity contribution is 6.23. The standard InChI is InChI=1S/C44H37N/c1-29-14-13-27-44(2)43(29)39-28-31(25-26-40(39)45(44)32-17-4-3-5-18-32)41-35-20-8-10-22-37(35)42(38-23-11-9-21-36(38)41)34-24-12-16-30-15-6-7-19-33(30)34/h3-12,15-26,28-29,43H,13-14,27H2,1-2H3. The number of hydrogen-bond acceptors (Lipinski definition) is 1. The maximum atomic E-state index is 2.67. The molecule has 9 rings (SSSR count). The molecule has 1 nitrogen and oxygen atoms in total. The van der Waals surface area contributed by atoms with E-state index in [0.717, 1.165) is 0 Å². The third-order valence-electron chi connectivity index (χ3n) is 11.0. The Bertz CT molecular complexity index is 2180. The highest BCUT2D eigenvalue weighted by Crippen LogP contribution is 2.60. The third kappa shape index (κ3) is 3.86. The van der Waals surface area contributed by atoms with Crippen molar-refractivity contribution in [1.82, 2.24) is 0 Å². The van der Waals surface area contributed by atoms with Crippen LogP contribution in [-0.2, 0) is 0 Å². The van der Waals surface area contributed by atoms with E-state index in [1.807, 2.05) is 0 Å². The van der Waals surface area contributed by atoms with Gasteiger partial charge in [-0.05, 0) is 110 Å². The van der Waals surface area contributed by atoms with Crippen LogP contribution < -0.4 is 4.90 Å². The summed E-state index contributed by atoms with van der Waals surface area (Å²) in [5.74, 6) is 1.13. The molecule has 0 saturated heterocycles. The summed E-state index contributed by atoms with van der Waals surface area (Å²) in [6, 6.07) is 52.1. The smallest absolute Gasteiger partial charge is 0.0495 e. The zero-order chi connectivity index (χ0) is 30.1. The van der Waals surface area contributed by atoms with Gasteiger partial charge in [0.2, 0.25) is 0 Å². The number of benzene rings is 7. The van der Waals surface area contributed by atoms with Crippen LogP contribution in [0.25, 0.3) is 54.6 Å². The fourth-order valence-electron chi connectivity index (χ4n) is 9.23. The van der Waals surface area contributed by atoms with E-state index >= 15 is 0 Å². The first-order chi connectivity index (χ1) is 22.1. The van der Waals surface area contributed by atoms with E-state index in [1.54, 1.807) is 0 Å². The molecule has 2 aliphatic rings. The van der Waals surface area contributed by atoms with Crippen molar-refractivity contribution in [2.24, 2.45) is 5.92 Å². The molecule has 0 radical (unpaired) electrons. The molecule has 0 bridgehead atoms. The Labute approximate surface area is 265 Å². The summed E-state index contributed by atoms with van der Waals surface area (Å²) in [7, 11) is 0. The van der Waals surface area contributed by atoms with Crippen LogP contribution in [0, 0.1) is 5.92 Å². The summed E-state index contributed by atoms with van der Waals surface area (Å²) in [4.78, 5) is 2.67. The molecule has 1 aliphatic carbocycles. The molecule has 0 aromatic heterocycles. The van der Waals surface area contributed by atoms with Crippen LogP contribution in [0.4, 0.5) is 11.4 Å². The summed E-state index contributed by atoms with van der Waals surface area (Å²) in [6.07, 6.45) is 3.79. The second-order valence-electron chi connectivity index (χ2n) is 13.5. The summed E-state index contributed by atoms with van der Waals surface area (Å²) < 4.78 is 0. The SMILES string of the molecule is CC1CCCC2(C)C1c1cc(-c3c4ccccc4c(-c4cccc5ccccc45)c4ccccc34)ccc1N2c1ccccc1. The summed E-state index contributed by atoms with van der Waals surface area (Å²) >= 11 is 0. The molecule has 1 saturated carbocycles. The Morgan fingerprint density at radius 2 is 1.20 bits per heavy atom. The molecular weight excluding hydrogens is 542 g/mol. The number of nitrogens with zero attached hydrogens (tertiary/aromatic N) is 1. The average Bonchev–Trinajstić information content (AvgIpc) is 3.35. The normalized spacial score (nSPS) is 20.9. The number of rotatable bonds is 3. The van der Waals surface area contributed by atoms with Gasteiger partial charge >= 0.3 is 0 Å². The van der Waals surface area contributed by atoms with Crippen LogP contribution in [0.2, 0.25) is 0 Å². The largest absolute Gasteiger partial charge is 0.335 e. The van der Waals surface area contributed by atoms with Crippen molar-refractivity contribution in [3.63, 3.8) is 0 Å². The van der Waals surface area contributed by atoms with Crippen LogP contribution in [0.3, 0.4) is 0 Å². The van der Waals surface area contributed by atoms with Crippen LogP contribution in [0.1, 0.15) is 44.6 Å². The second-order valence-corrected chi connectivity index (χ2v) is 13.5. The zero-order valence-electron chi connectivity index (χ0n) is 26.0. The third-order valence-corrected chi connectivity index (χ3v) is 11.0.